The highest BCUT2D eigenvalue weighted by atomic mass is 19.1. The van der Waals surface area contributed by atoms with Gasteiger partial charge in [-0.15, -0.1) is 0 Å². The van der Waals surface area contributed by atoms with Crippen molar-refractivity contribution in [3.05, 3.63) is 40.6 Å². The van der Waals surface area contributed by atoms with E-state index in [0.717, 1.165) is 6.07 Å². The molecule has 1 fully saturated rings. The van der Waals surface area contributed by atoms with Crippen LogP contribution in [0.5, 0.6) is 0 Å². The van der Waals surface area contributed by atoms with Gasteiger partial charge in [0.05, 0.1) is 23.4 Å². The summed E-state index contributed by atoms with van der Waals surface area (Å²) in [5, 5.41) is 18.6. The number of carboxylic acids is 1. The molecule has 0 amide bonds. The minimum Gasteiger partial charge on any atom is -0.478 e. The van der Waals surface area contributed by atoms with Gasteiger partial charge < -0.3 is 19.5 Å². The topological polar surface area (TPSA) is 76.0 Å². The monoisotopic (exact) mass is 322 g/mol. The van der Waals surface area contributed by atoms with E-state index in [-0.39, 0.29) is 11.1 Å². The van der Waals surface area contributed by atoms with Crippen molar-refractivity contribution >= 4 is 19.2 Å². The molecule has 0 atom stereocenters. The van der Waals surface area contributed by atoms with E-state index in [1.54, 1.807) is 0 Å². The molecule has 0 aliphatic carbocycles. The summed E-state index contributed by atoms with van der Waals surface area (Å²) in [5.41, 5.74) is -0.835. The van der Waals surface area contributed by atoms with Gasteiger partial charge in [-0.1, -0.05) is 6.08 Å². The van der Waals surface area contributed by atoms with E-state index in [1.165, 1.54) is 18.2 Å². The summed E-state index contributed by atoms with van der Waals surface area (Å²) >= 11 is 0. The summed E-state index contributed by atoms with van der Waals surface area (Å²) in [6.07, 6.45) is 1.36. The van der Waals surface area contributed by atoms with E-state index >= 15 is 0 Å². The number of aromatic carboxylic acids is 1. The van der Waals surface area contributed by atoms with Gasteiger partial charge in [-0.3, -0.25) is 0 Å². The molecule has 1 heterocycles. The van der Waals surface area contributed by atoms with Crippen molar-refractivity contribution < 1.29 is 28.7 Å². The van der Waals surface area contributed by atoms with Crippen LogP contribution in [0.15, 0.2) is 23.7 Å². The third-order valence-corrected chi connectivity index (χ3v) is 4.32. The van der Waals surface area contributed by atoms with Gasteiger partial charge >= 0.3 is 13.1 Å². The van der Waals surface area contributed by atoms with Gasteiger partial charge in [-0.25, -0.2) is 9.18 Å². The summed E-state index contributed by atoms with van der Waals surface area (Å²) in [7, 11) is -0.821. The highest BCUT2D eigenvalue weighted by Gasteiger charge is 2.52. The predicted octanol–water partition coefficient (Wildman–Crippen LogP) is 2.53. The summed E-state index contributed by atoms with van der Waals surface area (Å²) in [6, 6.07) is 3.47. The molecular weight excluding hydrogens is 302 g/mol. The van der Waals surface area contributed by atoms with Gasteiger partial charge in [0.15, 0.2) is 0 Å². The minimum atomic E-state index is -1.15. The van der Waals surface area contributed by atoms with Crippen LogP contribution in [-0.2, 0) is 9.31 Å². The molecular formula is C16H20BFO5. The number of hydrogen-bond donors (Lipinski definition) is 2. The molecule has 124 valence electrons. The molecule has 1 aliphatic rings. The second-order valence-electron chi connectivity index (χ2n) is 6.51. The molecule has 23 heavy (non-hydrogen) atoms. The van der Waals surface area contributed by atoms with Crippen molar-refractivity contribution in [2.45, 2.75) is 38.9 Å². The third-order valence-electron chi connectivity index (χ3n) is 4.32. The van der Waals surface area contributed by atoms with Gasteiger partial charge in [-0.2, -0.15) is 0 Å². The summed E-state index contributed by atoms with van der Waals surface area (Å²) in [5.74, 6) is -1.74. The molecule has 0 spiro atoms. The molecule has 2 N–H and O–H groups in total. The van der Waals surface area contributed by atoms with E-state index in [1.807, 2.05) is 27.7 Å². The quantitative estimate of drug-likeness (QED) is 0.833. The van der Waals surface area contributed by atoms with Gasteiger partial charge in [0.25, 0.3) is 0 Å². The van der Waals surface area contributed by atoms with Crippen molar-refractivity contribution in [3.8, 4) is 0 Å². The Morgan fingerprint density at radius 1 is 1.26 bits per heavy atom. The number of carboxylic acid groups (broad SMARTS) is 1. The highest BCUT2D eigenvalue weighted by molar-refractivity contribution is 6.55. The second-order valence-corrected chi connectivity index (χ2v) is 6.51. The zero-order valence-electron chi connectivity index (χ0n) is 13.6. The van der Waals surface area contributed by atoms with Crippen LogP contribution in [0, 0.1) is 5.82 Å². The molecule has 1 saturated heterocycles. The van der Waals surface area contributed by atoms with Crippen molar-refractivity contribution in [1.29, 1.82) is 0 Å². The lowest BCUT2D eigenvalue weighted by atomic mass is 9.77. The number of rotatable bonds is 4. The average molecular weight is 322 g/mol. The largest absolute Gasteiger partial charge is 0.492 e. The molecule has 0 unspecified atom stereocenters. The number of benzene rings is 1. The van der Waals surface area contributed by atoms with Crippen LogP contribution in [0.4, 0.5) is 4.39 Å². The highest BCUT2D eigenvalue weighted by Crippen LogP contribution is 2.38. The molecule has 1 aliphatic heterocycles. The van der Waals surface area contributed by atoms with Crippen LogP contribution in [-0.4, -0.2) is 41.1 Å². The molecule has 0 radical (unpaired) electrons. The normalized spacial score (nSPS) is 19.9. The van der Waals surface area contributed by atoms with Gasteiger partial charge in [0.2, 0.25) is 0 Å². The van der Waals surface area contributed by atoms with Crippen molar-refractivity contribution in [2.75, 3.05) is 6.61 Å². The van der Waals surface area contributed by atoms with Gasteiger partial charge in [-0.05, 0) is 51.4 Å². The first-order valence-corrected chi connectivity index (χ1v) is 7.27. The Morgan fingerprint density at radius 3 is 2.30 bits per heavy atom. The zero-order chi connectivity index (χ0) is 17.4. The zero-order valence-corrected chi connectivity index (χ0v) is 13.6. The number of carbonyl (C=O) groups is 1. The second kappa shape index (κ2) is 6.07. The minimum absolute atomic E-state index is 0.0381. The van der Waals surface area contributed by atoms with Crippen molar-refractivity contribution in [2.24, 2.45) is 0 Å². The van der Waals surface area contributed by atoms with Crippen LogP contribution >= 0.6 is 0 Å². The Balaban J connectivity index is 2.37. The van der Waals surface area contributed by atoms with Gasteiger partial charge in [0, 0.05) is 5.56 Å². The number of halogens is 1. The van der Waals surface area contributed by atoms with Crippen LogP contribution in [0.2, 0.25) is 0 Å². The molecule has 1 aromatic carbocycles. The summed E-state index contributed by atoms with van der Waals surface area (Å²) in [4.78, 5) is 11.0. The van der Waals surface area contributed by atoms with E-state index in [4.69, 9.17) is 14.4 Å². The molecule has 7 heteroatoms. The Bertz CT molecular complexity index is 638. The molecule has 0 bridgehead atoms. The lowest BCUT2D eigenvalue weighted by Crippen LogP contribution is -2.41. The number of hydrogen-bond acceptors (Lipinski definition) is 4. The number of aliphatic hydroxyl groups is 1. The van der Waals surface area contributed by atoms with Crippen molar-refractivity contribution in [3.63, 3.8) is 0 Å². The fourth-order valence-electron chi connectivity index (χ4n) is 2.17. The van der Waals surface area contributed by atoms with Gasteiger partial charge in [0.1, 0.15) is 5.82 Å². The Kier molecular flexibility index (Phi) is 4.66. The van der Waals surface area contributed by atoms with Crippen LogP contribution in [0.25, 0.3) is 6.08 Å². The smallest absolute Gasteiger partial charge is 0.478 e. The third kappa shape index (κ3) is 3.47. The number of aliphatic hydroxyl groups excluding tert-OH is 1. The lowest BCUT2D eigenvalue weighted by molar-refractivity contribution is 0.00578. The van der Waals surface area contributed by atoms with Crippen LogP contribution in [0.1, 0.15) is 43.6 Å². The van der Waals surface area contributed by atoms with E-state index in [9.17, 15) is 14.3 Å². The summed E-state index contributed by atoms with van der Waals surface area (Å²) < 4.78 is 25.6. The van der Waals surface area contributed by atoms with Crippen LogP contribution in [0.3, 0.4) is 0 Å². The fraction of sp³-hybridized carbons (Fsp3) is 0.438. The maximum atomic E-state index is 13.9. The lowest BCUT2D eigenvalue weighted by Gasteiger charge is -2.32. The molecule has 0 saturated carbocycles. The Labute approximate surface area is 134 Å². The SMILES string of the molecule is CC1(C)OB(C(=Cc2cc(C(=O)O)ccc2F)CO)OC1(C)C. The van der Waals surface area contributed by atoms with Crippen LogP contribution < -0.4 is 0 Å². The van der Waals surface area contributed by atoms with E-state index in [2.05, 4.69) is 0 Å². The predicted molar refractivity (Wildman–Crippen MR) is 84.5 cm³/mol. The molecule has 5 nitrogen and oxygen atoms in total. The Morgan fingerprint density at radius 2 is 1.83 bits per heavy atom. The van der Waals surface area contributed by atoms with Crippen molar-refractivity contribution in [1.82, 2.24) is 0 Å². The maximum Gasteiger partial charge on any atom is 0.492 e. The fourth-order valence-corrected chi connectivity index (χ4v) is 2.17. The van der Waals surface area contributed by atoms with E-state index < -0.39 is 36.7 Å². The Hall–Kier alpha value is -1.70. The average Bonchev–Trinajstić information content (AvgIpc) is 2.66. The standard InChI is InChI=1S/C16H20BFO5/c1-15(2)16(3,4)23-17(22-15)12(9-19)8-11-7-10(14(20)21)5-6-13(11)18/h5-8,19H,9H2,1-4H3,(H,20,21). The first-order chi connectivity index (χ1) is 10.6. The molecule has 1 aromatic rings. The van der Waals surface area contributed by atoms with E-state index in [0.29, 0.717) is 5.47 Å². The molecule has 0 aromatic heterocycles. The first-order valence-electron chi connectivity index (χ1n) is 7.27. The summed E-state index contributed by atoms with van der Waals surface area (Å²) in [6.45, 7) is 7.08. The molecule has 2 rings (SSSR count). The first kappa shape index (κ1) is 17.7. The maximum absolute atomic E-state index is 13.9.